The van der Waals surface area contributed by atoms with Crippen LogP contribution in [0.5, 0.6) is 34.5 Å². The first-order valence-corrected chi connectivity index (χ1v) is 27.5. The summed E-state index contributed by atoms with van der Waals surface area (Å²) < 4.78 is 70.5. The predicted molar refractivity (Wildman–Crippen MR) is 320 cm³/mol. The lowest BCUT2D eigenvalue weighted by atomic mass is 9.98. The van der Waals surface area contributed by atoms with E-state index in [0.717, 1.165) is 0 Å². The lowest BCUT2D eigenvalue weighted by molar-refractivity contribution is 0.0498. The molecule has 0 saturated heterocycles. The Balaban J connectivity index is 0.799. The van der Waals surface area contributed by atoms with E-state index in [-0.39, 0.29) is 88.3 Å². The van der Waals surface area contributed by atoms with Gasteiger partial charge in [0.15, 0.2) is 28.2 Å². The van der Waals surface area contributed by atoms with E-state index in [9.17, 15) is 28.8 Å². The molecule has 0 radical (unpaired) electrons. The van der Waals surface area contributed by atoms with E-state index in [4.69, 9.17) is 55.9 Å². The molecule has 0 unspecified atom stereocenters. The number of furan rings is 3. The number of aromatic amines is 3. The van der Waals surface area contributed by atoms with Gasteiger partial charge in [-0.2, -0.15) is 0 Å². The number of carbonyl (C=O) groups is 3. The Morgan fingerprint density at radius 2 is 1.00 bits per heavy atom. The fourth-order valence-electron chi connectivity index (χ4n) is 11.2. The highest BCUT2D eigenvalue weighted by Gasteiger charge is 2.32. The number of ether oxygens (including phenoxy) is 9. The highest BCUT2D eigenvalue weighted by atomic mass is 16.6. The molecule has 12 aromatic rings. The van der Waals surface area contributed by atoms with Crippen LogP contribution in [0.15, 0.2) is 143 Å². The third kappa shape index (κ3) is 9.63. The van der Waals surface area contributed by atoms with Gasteiger partial charge in [0.05, 0.1) is 75.9 Å². The van der Waals surface area contributed by atoms with Gasteiger partial charge in [0.1, 0.15) is 69.7 Å². The van der Waals surface area contributed by atoms with Gasteiger partial charge in [-0.1, -0.05) is 30.3 Å². The second-order valence-corrected chi connectivity index (χ2v) is 20.2. The van der Waals surface area contributed by atoms with Crippen molar-refractivity contribution >= 4 is 84.1 Å². The third-order valence-electron chi connectivity index (χ3n) is 15.3. The zero-order valence-electron chi connectivity index (χ0n) is 47.3. The number of rotatable bonds is 17. The van der Waals surface area contributed by atoms with Crippen LogP contribution >= 0.6 is 0 Å². The Hall–Kier alpha value is -11.2. The number of hydrogen-bond acceptors (Lipinski definition) is 18. The van der Waals surface area contributed by atoms with Crippen LogP contribution in [0.25, 0.3) is 99.6 Å². The largest absolute Gasteiger partial charge is 0.497 e. The van der Waals surface area contributed by atoms with E-state index < -0.39 is 34.6 Å². The Morgan fingerprint density at radius 1 is 0.460 bits per heavy atom. The van der Waals surface area contributed by atoms with E-state index in [1.165, 1.54) is 28.4 Å². The van der Waals surface area contributed by atoms with E-state index >= 15 is 0 Å². The molecule has 6 aromatic heterocycles. The Bertz CT molecular complexity index is 5000. The summed E-state index contributed by atoms with van der Waals surface area (Å²) in [5, 5.41) is 1.66. The molecule has 7 heterocycles. The summed E-state index contributed by atoms with van der Waals surface area (Å²) in [7, 11) is 5.88. The van der Waals surface area contributed by atoms with Crippen molar-refractivity contribution in [2.45, 2.75) is 19.8 Å². The van der Waals surface area contributed by atoms with Gasteiger partial charge < -0.3 is 70.8 Å². The average molecular weight is 1170 g/mol. The van der Waals surface area contributed by atoms with Crippen molar-refractivity contribution in [3.63, 3.8) is 0 Å². The number of nitrogens with one attached hydrogen (secondary N) is 3. The molecule has 1 aliphatic heterocycles. The molecule has 1 aliphatic rings. The number of H-pyrrole nitrogens is 3. The first-order chi connectivity index (χ1) is 42.4. The Labute approximate surface area is 490 Å². The zero-order chi connectivity index (χ0) is 60.2. The minimum Gasteiger partial charge on any atom is -0.497 e. The number of aromatic nitrogens is 3. The number of carbonyl (C=O) groups excluding carboxylic acids is 3. The molecule has 0 spiro atoms. The van der Waals surface area contributed by atoms with Crippen LogP contribution < -0.4 is 45.1 Å². The molecular formula is C66H51N3O18. The summed E-state index contributed by atoms with van der Waals surface area (Å²) in [6.45, 7) is 1.98. The van der Waals surface area contributed by atoms with Crippen LogP contribution in [0.4, 0.5) is 0 Å². The zero-order valence-corrected chi connectivity index (χ0v) is 47.3. The van der Waals surface area contributed by atoms with Crippen LogP contribution in [-0.4, -0.2) is 94.3 Å². The number of methoxy groups -OCH3 is 4. The summed E-state index contributed by atoms with van der Waals surface area (Å²) in [6.07, 6.45) is 0.320. The van der Waals surface area contributed by atoms with Gasteiger partial charge in [-0.3, -0.25) is 14.4 Å². The second kappa shape index (κ2) is 22.4. The van der Waals surface area contributed by atoms with Crippen LogP contribution in [0, 0.1) is 0 Å². The molecule has 438 valence electrons. The molecule has 0 bridgehead atoms. The van der Waals surface area contributed by atoms with Crippen molar-refractivity contribution < 1.29 is 70.3 Å². The minimum atomic E-state index is -0.969. The molecular weight excluding hydrogens is 1120 g/mol. The standard InChI is InChI=1S/C66H51N3O18/c1-6-80-64(73)53-50(37-17-14-36(77-3)31-46(37)79-5)59-56(68-62(53)71)39-16-11-33(28-47(39)87-59)22-24-84-66(75)54-51(40-30-35(76-2)15-20-42(40)78-4)60-57(69-63(54)72)41-27-32(12-18-44(41)86-60)21-23-83-65(74)52-49(34-13-19-45-48(29-34)82-26-25-81-45)58-55(67-61(52)70)38-9-7-8-10-43(38)85-58/h7-20,27-31H,6,21-26H2,1-5H3,(H,67,70)(H,68,71)(H,69,72). The summed E-state index contributed by atoms with van der Waals surface area (Å²) in [6, 6.07) is 32.7. The molecule has 0 fully saturated rings. The minimum absolute atomic E-state index is 0.0130. The monoisotopic (exact) mass is 1170 g/mol. The van der Waals surface area contributed by atoms with Crippen molar-refractivity contribution in [1.29, 1.82) is 0 Å². The number of esters is 3. The number of pyridine rings is 3. The number of hydrogen-bond donors (Lipinski definition) is 3. The van der Waals surface area contributed by atoms with E-state index in [2.05, 4.69) is 15.0 Å². The Morgan fingerprint density at radius 3 is 1.67 bits per heavy atom. The molecule has 13 rings (SSSR count). The Kier molecular flexibility index (Phi) is 14.2. The number of para-hydroxylation sites is 1. The van der Waals surface area contributed by atoms with Crippen LogP contribution in [0.3, 0.4) is 0 Å². The molecule has 3 N–H and O–H groups in total. The molecule has 21 nitrogen and oxygen atoms in total. The van der Waals surface area contributed by atoms with Gasteiger partial charge in [-0.15, -0.1) is 0 Å². The molecule has 21 heteroatoms. The van der Waals surface area contributed by atoms with Crippen LogP contribution in [-0.2, 0) is 27.1 Å². The maximum Gasteiger partial charge on any atom is 0.344 e. The molecule has 0 atom stereocenters. The fraction of sp³-hybridized carbons (Fsp3) is 0.182. The topological polar surface area (TPSA) is 272 Å². The number of fused-ring (bicyclic) bond motifs is 10. The van der Waals surface area contributed by atoms with Crippen molar-refractivity contribution in [1.82, 2.24) is 15.0 Å². The lowest BCUT2D eigenvalue weighted by Crippen LogP contribution is -2.22. The lowest BCUT2D eigenvalue weighted by Gasteiger charge is -2.19. The van der Waals surface area contributed by atoms with E-state index in [1.54, 1.807) is 104 Å². The fourth-order valence-corrected chi connectivity index (χ4v) is 11.2. The maximum atomic E-state index is 14.5. The van der Waals surface area contributed by atoms with Crippen molar-refractivity contribution in [3.05, 3.63) is 174 Å². The second-order valence-electron chi connectivity index (χ2n) is 20.2. The average Bonchev–Trinajstić information content (AvgIpc) is 1.74. The quantitative estimate of drug-likeness (QED) is 0.0564. The predicted octanol–water partition coefficient (Wildman–Crippen LogP) is 11.2. The van der Waals surface area contributed by atoms with Crippen molar-refractivity contribution in [2.24, 2.45) is 0 Å². The first-order valence-electron chi connectivity index (χ1n) is 27.5. The highest BCUT2D eigenvalue weighted by Crippen LogP contribution is 2.45. The summed E-state index contributed by atoms with van der Waals surface area (Å²) >= 11 is 0. The van der Waals surface area contributed by atoms with Gasteiger partial charge in [-0.05, 0) is 102 Å². The van der Waals surface area contributed by atoms with Gasteiger partial charge >= 0.3 is 17.9 Å². The molecule has 0 aliphatic carbocycles. The molecule has 87 heavy (non-hydrogen) atoms. The van der Waals surface area contributed by atoms with E-state index in [1.807, 2.05) is 18.2 Å². The maximum absolute atomic E-state index is 14.5. The van der Waals surface area contributed by atoms with Crippen LogP contribution in [0.2, 0.25) is 0 Å². The van der Waals surface area contributed by atoms with E-state index in [0.29, 0.717) is 119 Å². The van der Waals surface area contributed by atoms with Crippen molar-refractivity contribution in [2.75, 3.05) is 61.5 Å². The molecule has 0 amide bonds. The summed E-state index contributed by atoms with van der Waals surface area (Å²) in [4.78, 5) is 92.9. The normalized spacial score (nSPS) is 12.1. The molecule has 0 saturated carbocycles. The highest BCUT2D eigenvalue weighted by molar-refractivity contribution is 6.15. The van der Waals surface area contributed by atoms with Crippen LogP contribution in [0.1, 0.15) is 49.1 Å². The third-order valence-corrected chi connectivity index (χ3v) is 15.3. The summed E-state index contributed by atoms with van der Waals surface area (Å²) in [5.41, 5.74) is 2.66. The van der Waals surface area contributed by atoms with Crippen molar-refractivity contribution in [3.8, 4) is 67.9 Å². The van der Waals surface area contributed by atoms with Gasteiger partial charge in [0, 0.05) is 51.8 Å². The van der Waals surface area contributed by atoms with Gasteiger partial charge in [0.2, 0.25) is 0 Å². The smallest absolute Gasteiger partial charge is 0.344 e. The van der Waals surface area contributed by atoms with Gasteiger partial charge in [0.25, 0.3) is 16.7 Å². The van der Waals surface area contributed by atoms with Gasteiger partial charge in [-0.25, -0.2) is 14.4 Å². The first kappa shape index (κ1) is 55.0. The SMILES string of the molecule is CCOC(=O)c1c(-c2ccc(OC)cc2OC)c2oc3cc(CCOC(=O)c4c(-c5cc(OC)ccc5OC)c5oc6ccc(CCOC(=O)c7c(-c8ccc9c(c8)OCCO9)c8oc9ccccc9c8[nH]c7=O)cc6c5[nH]c4=O)ccc3c2[nH]c1=O. The number of benzene rings is 6. The molecule has 6 aromatic carbocycles. The summed E-state index contributed by atoms with van der Waals surface area (Å²) in [5.74, 6) is -0.274.